The second-order valence-electron chi connectivity index (χ2n) is 21.8. The first kappa shape index (κ1) is 58.1. The van der Waals surface area contributed by atoms with E-state index in [2.05, 4.69) is 340 Å². The summed E-state index contributed by atoms with van der Waals surface area (Å²) in [5.74, 6) is 0. The Morgan fingerprint density at radius 2 is 0.221 bits per heavy atom. The van der Waals surface area contributed by atoms with E-state index in [-0.39, 0.29) is 27.0 Å². The zero-order valence-electron chi connectivity index (χ0n) is 48.2. The Hall–Kier alpha value is -9.70. The third kappa shape index (κ3) is 13.1. The molecule has 0 bridgehead atoms. The zero-order valence-corrected chi connectivity index (χ0v) is 50.2. The van der Waals surface area contributed by atoms with Gasteiger partial charge in [0.05, 0.1) is 0 Å². The molecular weight excluding hydrogens is 1070 g/mol. The molecule has 0 saturated heterocycles. The predicted octanol–water partition coefficient (Wildman–Crippen LogP) is 22.6. The average molecular weight is 1140 g/mol. The van der Waals surface area contributed by atoms with Gasteiger partial charge in [0.2, 0.25) is 0 Å². The minimum Gasteiger partial charge on any atom is -0.197 e. The highest BCUT2D eigenvalue weighted by Gasteiger charge is 2.10. The highest BCUT2D eigenvalue weighted by atomic mass is 32.1. The Bertz CT molecular complexity index is 3960. The van der Waals surface area contributed by atoms with Gasteiger partial charge in [0.1, 0.15) is 0 Å². The van der Waals surface area contributed by atoms with Crippen LogP contribution in [0.3, 0.4) is 0 Å². The van der Waals surface area contributed by atoms with Gasteiger partial charge in [-0.15, -0.1) is 0 Å². The van der Waals surface area contributed by atoms with E-state index in [0.717, 1.165) is 25.7 Å². The number of fused-ring (bicyclic) bond motifs is 8. The van der Waals surface area contributed by atoms with Gasteiger partial charge in [-0.1, -0.05) is 340 Å². The topological polar surface area (TPSA) is 0 Å². The van der Waals surface area contributed by atoms with E-state index in [4.69, 9.17) is 0 Å². The molecule has 16 aromatic rings. The van der Waals surface area contributed by atoms with Crippen molar-refractivity contribution in [1.82, 2.24) is 0 Å². The third-order valence-electron chi connectivity index (χ3n) is 16.6. The fourth-order valence-corrected chi connectivity index (χ4v) is 12.4. The van der Waals surface area contributed by atoms with E-state index >= 15 is 0 Å². The van der Waals surface area contributed by atoms with Crippen molar-refractivity contribution in [2.24, 2.45) is 0 Å². The molecule has 0 aromatic heterocycles. The van der Waals surface area contributed by atoms with Crippen molar-refractivity contribution in [3.63, 3.8) is 0 Å². The molecule has 0 atom stereocenters. The first-order chi connectivity index (χ1) is 41.7. The smallest absolute Gasteiger partial charge is 0.00135 e. The SMILES string of the molecule is S.S.c1ccc2c(Cc3cccc4ccccc34)cccc2c1.c1ccc2c(Cc3cccc4ccccc34)cccc2c1.c1ccc2c(Cc3cccc4ccccc34)cccc2c1.c1ccc2c(Cc3cccc4ccccc34)cccc2c1. The van der Waals surface area contributed by atoms with Crippen LogP contribution in [0.5, 0.6) is 0 Å². The van der Waals surface area contributed by atoms with Gasteiger partial charge in [-0.25, -0.2) is 0 Å². The van der Waals surface area contributed by atoms with Gasteiger partial charge in [-0.05, 0) is 156 Å². The van der Waals surface area contributed by atoms with Gasteiger partial charge in [0.25, 0.3) is 0 Å². The summed E-state index contributed by atoms with van der Waals surface area (Å²) in [6, 6.07) is 122. The fourth-order valence-electron chi connectivity index (χ4n) is 12.4. The van der Waals surface area contributed by atoms with Crippen LogP contribution in [0, 0.1) is 0 Å². The van der Waals surface area contributed by atoms with Crippen molar-refractivity contribution in [3.05, 3.63) is 384 Å². The molecule has 86 heavy (non-hydrogen) atoms. The van der Waals surface area contributed by atoms with Crippen LogP contribution >= 0.6 is 27.0 Å². The molecule has 0 aliphatic carbocycles. The number of benzene rings is 16. The van der Waals surface area contributed by atoms with Gasteiger partial charge in [0, 0.05) is 0 Å². The van der Waals surface area contributed by atoms with Gasteiger partial charge in [-0.2, -0.15) is 27.0 Å². The van der Waals surface area contributed by atoms with Crippen molar-refractivity contribution in [2.45, 2.75) is 25.7 Å². The predicted molar refractivity (Wildman–Crippen MR) is 384 cm³/mol. The molecule has 0 aliphatic rings. The van der Waals surface area contributed by atoms with Crippen molar-refractivity contribution in [1.29, 1.82) is 0 Å². The second-order valence-corrected chi connectivity index (χ2v) is 21.8. The lowest BCUT2D eigenvalue weighted by atomic mass is 9.95. The lowest BCUT2D eigenvalue weighted by Crippen LogP contribution is -1.91. The lowest BCUT2D eigenvalue weighted by molar-refractivity contribution is 1.24. The Balaban J connectivity index is 0.000000118. The standard InChI is InChI=1S/4C21H16.2H2S/c4*1-3-13-20-16(7-1)9-5-11-18(20)15-19-12-6-10-17-8-2-4-14-21(17)19;;/h4*1-14H,15H2;2*1H2. The van der Waals surface area contributed by atoms with Crippen LogP contribution < -0.4 is 0 Å². The summed E-state index contributed by atoms with van der Waals surface area (Å²) in [5.41, 5.74) is 11.1. The van der Waals surface area contributed by atoms with Gasteiger partial charge >= 0.3 is 0 Å². The molecule has 0 spiro atoms. The fraction of sp³-hybridized carbons (Fsp3) is 0.0476. The number of hydrogen-bond acceptors (Lipinski definition) is 0. The van der Waals surface area contributed by atoms with Crippen molar-refractivity contribution < 1.29 is 0 Å². The molecule has 0 aliphatic heterocycles. The summed E-state index contributed by atoms with van der Waals surface area (Å²) in [7, 11) is 0. The molecule has 0 fully saturated rings. The molecule has 0 N–H and O–H groups in total. The first-order valence-electron chi connectivity index (χ1n) is 29.4. The third-order valence-corrected chi connectivity index (χ3v) is 16.6. The van der Waals surface area contributed by atoms with Gasteiger partial charge in [0.15, 0.2) is 0 Å². The molecule has 16 rings (SSSR count). The minimum absolute atomic E-state index is 0. The maximum atomic E-state index is 2.24. The van der Waals surface area contributed by atoms with E-state index < -0.39 is 0 Å². The van der Waals surface area contributed by atoms with E-state index in [1.54, 1.807) is 0 Å². The monoisotopic (exact) mass is 1140 g/mol. The molecular formula is C84H68S2. The molecule has 0 nitrogen and oxygen atoms in total. The summed E-state index contributed by atoms with van der Waals surface area (Å²) in [6.45, 7) is 0. The maximum Gasteiger partial charge on any atom is -0.00135 e. The second kappa shape index (κ2) is 27.8. The largest absolute Gasteiger partial charge is 0.197 e. The van der Waals surface area contributed by atoms with Crippen molar-refractivity contribution >= 4 is 113 Å². The summed E-state index contributed by atoms with van der Waals surface area (Å²) >= 11 is 0. The number of hydrogen-bond donors (Lipinski definition) is 0. The average Bonchev–Trinajstić information content (AvgIpc) is 3.21. The van der Waals surface area contributed by atoms with E-state index in [1.165, 1.54) is 131 Å². The normalized spacial score (nSPS) is 10.8. The molecule has 0 saturated carbocycles. The molecule has 16 aromatic carbocycles. The van der Waals surface area contributed by atoms with E-state index in [9.17, 15) is 0 Å². The van der Waals surface area contributed by atoms with Gasteiger partial charge in [-0.3, -0.25) is 0 Å². The van der Waals surface area contributed by atoms with E-state index in [1.807, 2.05) is 0 Å². The Morgan fingerprint density at radius 1 is 0.116 bits per heavy atom. The van der Waals surface area contributed by atoms with Gasteiger partial charge < -0.3 is 0 Å². The van der Waals surface area contributed by atoms with Crippen LogP contribution in [0.25, 0.3) is 86.2 Å². The molecule has 0 heterocycles. The Kier molecular flexibility index (Phi) is 18.8. The maximum absolute atomic E-state index is 2.24. The highest BCUT2D eigenvalue weighted by Crippen LogP contribution is 2.30. The summed E-state index contributed by atoms with van der Waals surface area (Å²) in [4.78, 5) is 0. The molecule has 0 unspecified atom stereocenters. The Morgan fingerprint density at radius 3 is 0.349 bits per heavy atom. The van der Waals surface area contributed by atoms with Crippen LogP contribution in [0.4, 0.5) is 0 Å². The van der Waals surface area contributed by atoms with Crippen LogP contribution in [0.1, 0.15) is 44.5 Å². The van der Waals surface area contributed by atoms with Crippen LogP contribution in [0.15, 0.2) is 340 Å². The first-order valence-corrected chi connectivity index (χ1v) is 29.4. The Labute approximate surface area is 519 Å². The van der Waals surface area contributed by atoms with Crippen LogP contribution in [0.2, 0.25) is 0 Å². The zero-order chi connectivity index (χ0) is 56.3. The van der Waals surface area contributed by atoms with Crippen LogP contribution in [-0.4, -0.2) is 0 Å². The summed E-state index contributed by atoms with van der Waals surface area (Å²) in [6.07, 6.45) is 3.90. The minimum atomic E-state index is 0. The van der Waals surface area contributed by atoms with E-state index in [0.29, 0.717) is 0 Å². The van der Waals surface area contributed by atoms with Crippen LogP contribution in [-0.2, 0) is 25.7 Å². The summed E-state index contributed by atoms with van der Waals surface area (Å²) in [5, 5.41) is 21.4. The summed E-state index contributed by atoms with van der Waals surface area (Å²) < 4.78 is 0. The van der Waals surface area contributed by atoms with Crippen molar-refractivity contribution in [3.8, 4) is 0 Å². The molecule has 0 radical (unpaired) electrons. The molecule has 0 amide bonds. The molecule has 2 heteroatoms. The molecule has 416 valence electrons. The van der Waals surface area contributed by atoms with Crippen molar-refractivity contribution in [2.75, 3.05) is 0 Å². The highest BCUT2D eigenvalue weighted by molar-refractivity contribution is 7.59. The number of rotatable bonds is 8. The lowest BCUT2D eigenvalue weighted by Gasteiger charge is -2.09. The quantitative estimate of drug-likeness (QED) is 0.142.